The van der Waals surface area contributed by atoms with Crippen LogP contribution in [0, 0.1) is 17.7 Å². The standard InChI is InChI=1S/C23H26FNO5/c1-5-29-22(27)17-12(3)11-16-20(21(17)26)19(14-9-7-8-10-15(14)24)18(13(4)25-16)23(28)30-6-2/h7-10,12,17,19,25H,5-6,11H2,1-4H3/t12-,17+,19-/m0/s1. The third-order valence-corrected chi connectivity index (χ3v) is 5.54. The number of esters is 2. The number of rotatable bonds is 5. The summed E-state index contributed by atoms with van der Waals surface area (Å²) >= 11 is 0. The molecule has 1 N–H and O–H groups in total. The Labute approximate surface area is 175 Å². The highest BCUT2D eigenvalue weighted by Crippen LogP contribution is 2.46. The number of hydrogen-bond acceptors (Lipinski definition) is 6. The Morgan fingerprint density at radius 1 is 1.17 bits per heavy atom. The maximum absolute atomic E-state index is 14.8. The van der Waals surface area contributed by atoms with Gasteiger partial charge in [0.25, 0.3) is 0 Å². The monoisotopic (exact) mass is 415 g/mol. The number of nitrogens with one attached hydrogen (secondary N) is 1. The Hall–Kier alpha value is -2.96. The predicted molar refractivity (Wildman–Crippen MR) is 108 cm³/mol. The van der Waals surface area contributed by atoms with Gasteiger partial charge in [-0.3, -0.25) is 9.59 Å². The number of Topliss-reactive ketones (excluding diaryl/α,β-unsaturated/α-hetero) is 1. The number of ether oxygens (including phenoxy) is 2. The van der Waals surface area contributed by atoms with E-state index in [9.17, 15) is 18.8 Å². The van der Waals surface area contributed by atoms with Gasteiger partial charge in [-0.05, 0) is 39.2 Å². The quantitative estimate of drug-likeness (QED) is 0.586. The van der Waals surface area contributed by atoms with Gasteiger partial charge in [0, 0.05) is 22.5 Å². The largest absolute Gasteiger partial charge is 0.465 e. The molecule has 6 nitrogen and oxygen atoms in total. The molecule has 30 heavy (non-hydrogen) atoms. The van der Waals surface area contributed by atoms with Crippen molar-refractivity contribution in [1.82, 2.24) is 5.32 Å². The number of carbonyl (C=O) groups is 3. The number of ketones is 1. The molecule has 7 heteroatoms. The number of dihydropyridines is 1. The van der Waals surface area contributed by atoms with E-state index in [1.165, 1.54) is 6.07 Å². The lowest BCUT2D eigenvalue weighted by Crippen LogP contribution is -2.43. The van der Waals surface area contributed by atoms with E-state index in [-0.39, 0.29) is 35.8 Å². The molecule has 160 valence electrons. The van der Waals surface area contributed by atoms with E-state index in [4.69, 9.17) is 9.47 Å². The minimum Gasteiger partial charge on any atom is -0.465 e. The van der Waals surface area contributed by atoms with Crippen molar-refractivity contribution in [3.05, 3.63) is 58.2 Å². The first-order chi connectivity index (χ1) is 14.3. The van der Waals surface area contributed by atoms with E-state index in [1.54, 1.807) is 39.0 Å². The number of carbonyl (C=O) groups excluding carboxylic acids is 3. The second-order valence-corrected chi connectivity index (χ2v) is 7.51. The lowest BCUT2D eigenvalue weighted by atomic mass is 9.69. The van der Waals surface area contributed by atoms with Crippen LogP contribution in [0.2, 0.25) is 0 Å². The molecule has 1 aliphatic heterocycles. The van der Waals surface area contributed by atoms with Crippen molar-refractivity contribution in [3.63, 3.8) is 0 Å². The van der Waals surface area contributed by atoms with Crippen LogP contribution in [0.15, 0.2) is 46.8 Å². The second kappa shape index (κ2) is 8.81. The highest BCUT2D eigenvalue weighted by Gasteiger charge is 2.47. The Bertz CT molecular complexity index is 949. The zero-order chi connectivity index (χ0) is 22.0. The van der Waals surface area contributed by atoms with E-state index in [1.807, 2.05) is 6.92 Å². The van der Waals surface area contributed by atoms with Crippen LogP contribution in [0.1, 0.15) is 45.6 Å². The van der Waals surface area contributed by atoms with Gasteiger partial charge in [-0.1, -0.05) is 25.1 Å². The number of hydrogen-bond donors (Lipinski definition) is 1. The third kappa shape index (κ3) is 3.76. The summed E-state index contributed by atoms with van der Waals surface area (Å²) in [5.74, 6) is -4.46. The summed E-state index contributed by atoms with van der Waals surface area (Å²) in [6.07, 6.45) is 0.406. The summed E-state index contributed by atoms with van der Waals surface area (Å²) in [4.78, 5) is 38.8. The maximum atomic E-state index is 14.8. The molecular formula is C23H26FNO5. The van der Waals surface area contributed by atoms with Crippen molar-refractivity contribution >= 4 is 17.7 Å². The first kappa shape index (κ1) is 21.7. The molecule has 0 unspecified atom stereocenters. The Kier molecular flexibility index (Phi) is 6.39. The van der Waals surface area contributed by atoms with Crippen LogP contribution < -0.4 is 5.32 Å². The van der Waals surface area contributed by atoms with Gasteiger partial charge < -0.3 is 14.8 Å². The molecule has 0 amide bonds. The normalized spacial score (nSPS) is 23.6. The summed E-state index contributed by atoms with van der Waals surface area (Å²) in [5, 5.41) is 3.14. The minimum absolute atomic E-state index is 0.141. The first-order valence-corrected chi connectivity index (χ1v) is 10.1. The smallest absolute Gasteiger partial charge is 0.336 e. The van der Waals surface area contributed by atoms with Crippen LogP contribution in [-0.4, -0.2) is 30.9 Å². The van der Waals surface area contributed by atoms with Crippen LogP contribution in [0.4, 0.5) is 4.39 Å². The van der Waals surface area contributed by atoms with Gasteiger partial charge in [0.2, 0.25) is 0 Å². The average Bonchev–Trinajstić information content (AvgIpc) is 2.67. The van der Waals surface area contributed by atoms with Crippen LogP contribution in [0.3, 0.4) is 0 Å². The SMILES string of the molecule is CCOC(=O)C1=C(C)NC2=C(C(=O)[C@H](C(=O)OCC)[C@@H](C)C2)[C@H]1c1ccccc1F. The van der Waals surface area contributed by atoms with Crippen molar-refractivity contribution in [1.29, 1.82) is 0 Å². The van der Waals surface area contributed by atoms with Gasteiger partial charge in [0.1, 0.15) is 11.7 Å². The zero-order valence-electron chi connectivity index (χ0n) is 17.6. The van der Waals surface area contributed by atoms with Crippen LogP contribution in [-0.2, 0) is 23.9 Å². The molecule has 3 atom stereocenters. The molecule has 1 aromatic carbocycles. The molecule has 0 aromatic heterocycles. The Morgan fingerprint density at radius 2 is 1.83 bits per heavy atom. The fourth-order valence-corrected chi connectivity index (χ4v) is 4.29. The van der Waals surface area contributed by atoms with Gasteiger partial charge in [-0.25, -0.2) is 9.18 Å². The third-order valence-electron chi connectivity index (χ3n) is 5.54. The summed E-state index contributed by atoms with van der Waals surface area (Å²) in [7, 11) is 0. The van der Waals surface area contributed by atoms with Gasteiger partial charge in [0.15, 0.2) is 5.78 Å². The number of allylic oxidation sites excluding steroid dienone is 3. The van der Waals surface area contributed by atoms with E-state index < -0.39 is 35.4 Å². The highest BCUT2D eigenvalue weighted by molar-refractivity contribution is 6.12. The van der Waals surface area contributed by atoms with Gasteiger partial charge >= 0.3 is 11.9 Å². The fourth-order valence-electron chi connectivity index (χ4n) is 4.29. The molecule has 0 spiro atoms. The zero-order valence-corrected chi connectivity index (χ0v) is 17.6. The molecule has 2 aliphatic rings. The van der Waals surface area contributed by atoms with Gasteiger partial charge in [-0.2, -0.15) is 0 Å². The highest BCUT2D eigenvalue weighted by atomic mass is 19.1. The van der Waals surface area contributed by atoms with Gasteiger partial charge in [-0.15, -0.1) is 0 Å². The Morgan fingerprint density at radius 3 is 2.47 bits per heavy atom. The van der Waals surface area contributed by atoms with Crippen molar-refractivity contribution in [2.45, 2.75) is 40.0 Å². The lowest BCUT2D eigenvalue weighted by molar-refractivity contribution is -0.153. The minimum atomic E-state index is -0.998. The van der Waals surface area contributed by atoms with Gasteiger partial charge in [0.05, 0.1) is 24.7 Å². The fraction of sp³-hybridized carbons (Fsp3) is 0.435. The molecule has 1 heterocycles. The van der Waals surface area contributed by atoms with Crippen molar-refractivity contribution < 1.29 is 28.2 Å². The van der Waals surface area contributed by atoms with Crippen LogP contribution >= 0.6 is 0 Å². The number of benzene rings is 1. The van der Waals surface area contributed by atoms with E-state index in [2.05, 4.69) is 5.32 Å². The lowest BCUT2D eigenvalue weighted by Gasteiger charge is -2.38. The topological polar surface area (TPSA) is 81.7 Å². The Balaban J connectivity index is 2.18. The van der Waals surface area contributed by atoms with E-state index in [0.717, 1.165) is 0 Å². The summed E-state index contributed by atoms with van der Waals surface area (Å²) in [5.41, 5.74) is 1.71. The molecule has 3 rings (SSSR count). The second-order valence-electron chi connectivity index (χ2n) is 7.51. The van der Waals surface area contributed by atoms with E-state index >= 15 is 0 Å². The molecule has 0 fully saturated rings. The average molecular weight is 415 g/mol. The predicted octanol–water partition coefficient (Wildman–Crippen LogP) is 3.39. The van der Waals surface area contributed by atoms with Crippen LogP contribution in [0.5, 0.6) is 0 Å². The van der Waals surface area contributed by atoms with E-state index in [0.29, 0.717) is 17.8 Å². The summed E-state index contributed by atoms with van der Waals surface area (Å²) < 4.78 is 25.2. The molecule has 1 aromatic rings. The number of halogens is 1. The van der Waals surface area contributed by atoms with Crippen LogP contribution in [0.25, 0.3) is 0 Å². The molecule has 0 saturated heterocycles. The molecular weight excluding hydrogens is 389 g/mol. The molecule has 0 saturated carbocycles. The van der Waals surface area contributed by atoms with Crippen molar-refractivity contribution in [2.24, 2.45) is 11.8 Å². The first-order valence-electron chi connectivity index (χ1n) is 10.1. The van der Waals surface area contributed by atoms with Crippen molar-refractivity contribution in [2.75, 3.05) is 13.2 Å². The molecule has 0 bridgehead atoms. The molecule has 0 radical (unpaired) electrons. The molecule has 1 aliphatic carbocycles. The summed E-state index contributed by atoms with van der Waals surface area (Å²) in [6, 6.07) is 6.03. The maximum Gasteiger partial charge on any atom is 0.336 e. The van der Waals surface area contributed by atoms with Crippen molar-refractivity contribution in [3.8, 4) is 0 Å². The summed E-state index contributed by atoms with van der Waals surface area (Å²) in [6.45, 7) is 7.16.